The fraction of sp³-hybridized carbons (Fsp3) is 0.533. The number of nitrogens with one attached hydrogen (secondary N) is 2. The van der Waals surface area contributed by atoms with Crippen molar-refractivity contribution in [3.8, 4) is 6.01 Å². The first kappa shape index (κ1) is 14.8. The van der Waals surface area contributed by atoms with Crippen LogP contribution in [0.3, 0.4) is 0 Å². The summed E-state index contributed by atoms with van der Waals surface area (Å²) in [5, 5.41) is 14.3. The monoisotopic (exact) mass is 304 g/mol. The Bertz CT molecular complexity index is 649. The lowest BCUT2D eigenvalue weighted by atomic mass is 10.0. The zero-order valence-corrected chi connectivity index (χ0v) is 12.4. The molecule has 7 nitrogen and oxygen atoms in total. The number of rotatable bonds is 6. The third-order valence-corrected chi connectivity index (χ3v) is 4.00. The molecular weight excluding hydrogens is 284 g/mol. The van der Waals surface area contributed by atoms with Gasteiger partial charge in [0.2, 0.25) is 0 Å². The number of ether oxygens (including phenoxy) is 1. The van der Waals surface area contributed by atoms with E-state index in [2.05, 4.69) is 15.3 Å². The number of nitrogens with zero attached hydrogens (tertiary/aromatic N) is 2. The van der Waals surface area contributed by atoms with Crippen LogP contribution >= 0.6 is 0 Å². The molecule has 0 unspecified atom stereocenters. The summed E-state index contributed by atoms with van der Waals surface area (Å²) in [5.41, 5.74) is 1.35. The number of nitro benzene ring substituents is 1. The molecule has 7 heteroatoms. The van der Waals surface area contributed by atoms with E-state index < -0.39 is 4.92 Å². The molecule has 1 aromatic carbocycles. The van der Waals surface area contributed by atoms with Crippen molar-refractivity contribution in [3.63, 3.8) is 0 Å². The van der Waals surface area contributed by atoms with Gasteiger partial charge in [0.25, 0.3) is 11.7 Å². The van der Waals surface area contributed by atoms with Crippen LogP contribution in [0.5, 0.6) is 6.01 Å². The topological polar surface area (TPSA) is 93.1 Å². The number of nitro groups is 1. The average Bonchev–Trinajstić information content (AvgIpc) is 2.94. The van der Waals surface area contributed by atoms with Gasteiger partial charge in [-0.3, -0.25) is 10.1 Å². The molecule has 0 aliphatic carbocycles. The Morgan fingerprint density at radius 3 is 3.09 bits per heavy atom. The van der Waals surface area contributed by atoms with Crippen molar-refractivity contribution in [1.29, 1.82) is 0 Å². The lowest BCUT2D eigenvalue weighted by Crippen LogP contribution is -2.34. The molecule has 2 N–H and O–H groups in total. The molecular formula is C15H20N4O3. The van der Waals surface area contributed by atoms with Gasteiger partial charge in [-0.2, -0.15) is 4.98 Å². The second-order valence-electron chi connectivity index (χ2n) is 5.64. The standard InChI is InChI=1S/C15H20N4O3/c20-19(21)12-6-7-13-14(10-12)18-15(17-13)22-9-3-5-11-4-1-2-8-16-11/h6-7,10-11,16H,1-5,8-9H2,(H,17,18)/t11-/m0/s1. The highest BCUT2D eigenvalue weighted by molar-refractivity contribution is 5.78. The minimum atomic E-state index is -0.419. The quantitative estimate of drug-likeness (QED) is 0.486. The van der Waals surface area contributed by atoms with Crippen LogP contribution in [-0.2, 0) is 0 Å². The maximum atomic E-state index is 10.7. The van der Waals surface area contributed by atoms with E-state index in [0.29, 0.717) is 29.7 Å². The van der Waals surface area contributed by atoms with Crippen molar-refractivity contribution in [1.82, 2.24) is 15.3 Å². The first-order valence-corrected chi connectivity index (χ1v) is 7.73. The van der Waals surface area contributed by atoms with E-state index in [0.717, 1.165) is 19.4 Å². The number of hydrogen-bond donors (Lipinski definition) is 2. The summed E-state index contributed by atoms with van der Waals surface area (Å²) in [6.07, 6.45) is 5.90. The van der Waals surface area contributed by atoms with Gasteiger partial charge < -0.3 is 15.0 Å². The molecule has 1 aliphatic heterocycles. The van der Waals surface area contributed by atoms with Crippen molar-refractivity contribution < 1.29 is 9.66 Å². The number of aromatic amines is 1. The summed E-state index contributed by atoms with van der Waals surface area (Å²) in [6.45, 7) is 1.72. The summed E-state index contributed by atoms with van der Waals surface area (Å²) >= 11 is 0. The minimum Gasteiger partial charge on any atom is -0.465 e. The summed E-state index contributed by atoms with van der Waals surface area (Å²) in [4.78, 5) is 17.6. The van der Waals surface area contributed by atoms with Gasteiger partial charge in [-0.05, 0) is 38.3 Å². The van der Waals surface area contributed by atoms with E-state index in [4.69, 9.17) is 4.74 Å². The molecule has 1 saturated heterocycles. The number of hydrogen-bond acceptors (Lipinski definition) is 5. The largest absolute Gasteiger partial charge is 0.465 e. The Morgan fingerprint density at radius 2 is 2.32 bits per heavy atom. The van der Waals surface area contributed by atoms with E-state index in [1.807, 2.05) is 0 Å². The molecule has 1 aromatic heterocycles. The maximum Gasteiger partial charge on any atom is 0.294 e. The molecule has 0 saturated carbocycles. The van der Waals surface area contributed by atoms with Gasteiger partial charge in [0, 0.05) is 18.2 Å². The second kappa shape index (κ2) is 6.74. The van der Waals surface area contributed by atoms with Gasteiger partial charge in [-0.1, -0.05) is 6.42 Å². The van der Waals surface area contributed by atoms with Crippen LogP contribution < -0.4 is 10.1 Å². The Labute approximate surface area is 128 Å². The summed E-state index contributed by atoms with van der Waals surface area (Å²) in [6, 6.07) is 5.58. The van der Waals surface area contributed by atoms with Crippen LogP contribution in [-0.4, -0.2) is 34.1 Å². The van der Waals surface area contributed by atoms with Crippen LogP contribution in [0.15, 0.2) is 18.2 Å². The molecule has 2 aromatic rings. The predicted molar refractivity (Wildman–Crippen MR) is 83.1 cm³/mol. The van der Waals surface area contributed by atoms with E-state index >= 15 is 0 Å². The van der Waals surface area contributed by atoms with Crippen molar-refractivity contribution in [3.05, 3.63) is 28.3 Å². The Balaban J connectivity index is 1.52. The van der Waals surface area contributed by atoms with E-state index in [1.54, 1.807) is 6.07 Å². The summed E-state index contributed by atoms with van der Waals surface area (Å²) < 4.78 is 5.62. The third-order valence-electron chi connectivity index (χ3n) is 4.00. The van der Waals surface area contributed by atoms with Crippen molar-refractivity contribution in [2.45, 2.75) is 38.1 Å². The number of benzene rings is 1. The highest BCUT2D eigenvalue weighted by Crippen LogP contribution is 2.21. The van der Waals surface area contributed by atoms with Crippen LogP contribution in [0.25, 0.3) is 11.0 Å². The van der Waals surface area contributed by atoms with E-state index in [1.165, 1.54) is 31.4 Å². The van der Waals surface area contributed by atoms with Gasteiger partial charge in [-0.15, -0.1) is 0 Å². The van der Waals surface area contributed by atoms with Crippen molar-refractivity contribution in [2.24, 2.45) is 0 Å². The Kier molecular flexibility index (Phi) is 4.53. The molecule has 0 radical (unpaired) electrons. The summed E-state index contributed by atoms with van der Waals surface area (Å²) in [7, 11) is 0. The van der Waals surface area contributed by atoms with E-state index in [-0.39, 0.29) is 5.69 Å². The van der Waals surface area contributed by atoms with Crippen LogP contribution in [0.1, 0.15) is 32.1 Å². The molecule has 1 atom stereocenters. The molecule has 2 heterocycles. The molecule has 0 bridgehead atoms. The van der Waals surface area contributed by atoms with Gasteiger partial charge >= 0.3 is 0 Å². The minimum absolute atomic E-state index is 0.0473. The zero-order chi connectivity index (χ0) is 15.4. The normalized spacial score (nSPS) is 18.5. The number of piperidine rings is 1. The number of imidazole rings is 1. The number of aromatic nitrogens is 2. The maximum absolute atomic E-state index is 10.7. The number of non-ortho nitro benzene ring substituents is 1. The van der Waals surface area contributed by atoms with Gasteiger partial charge in [0.05, 0.1) is 22.6 Å². The fourth-order valence-electron chi connectivity index (χ4n) is 2.83. The molecule has 118 valence electrons. The number of fused-ring (bicyclic) bond motifs is 1. The van der Waals surface area contributed by atoms with Crippen LogP contribution in [0.2, 0.25) is 0 Å². The lowest BCUT2D eigenvalue weighted by Gasteiger charge is -2.23. The van der Waals surface area contributed by atoms with Gasteiger partial charge in [-0.25, -0.2) is 0 Å². The second-order valence-corrected chi connectivity index (χ2v) is 5.64. The zero-order valence-electron chi connectivity index (χ0n) is 12.4. The molecule has 0 spiro atoms. The van der Waals surface area contributed by atoms with Crippen LogP contribution in [0.4, 0.5) is 5.69 Å². The molecule has 22 heavy (non-hydrogen) atoms. The Hall–Kier alpha value is -2.15. The smallest absolute Gasteiger partial charge is 0.294 e. The number of H-pyrrole nitrogens is 1. The first-order valence-electron chi connectivity index (χ1n) is 7.73. The third kappa shape index (κ3) is 3.54. The lowest BCUT2D eigenvalue weighted by molar-refractivity contribution is -0.384. The molecule has 3 rings (SSSR count). The average molecular weight is 304 g/mol. The Morgan fingerprint density at radius 1 is 1.41 bits per heavy atom. The molecule has 1 fully saturated rings. The predicted octanol–water partition coefficient (Wildman–Crippen LogP) is 2.77. The van der Waals surface area contributed by atoms with Gasteiger partial charge in [0.15, 0.2) is 0 Å². The molecule has 1 aliphatic rings. The highest BCUT2D eigenvalue weighted by atomic mass is 16.6. The van der Waals surface area contributed by atoms with Crippen molar-refractivity contribution >= 4 is 16.7 Å². The fourth-order valence-corrected chi connectivity index (χ4v) is 2.83. The molecule has 0 amide bonds. The SMILES string of the molecule is O=[N+]([O-])c1ccc2nc(OCCC[C@@H]3CCCCN3)[nH]c2c1. The first-order chi connectivity index (χ1) is 10.7. The highest BCUT2D eigenvalue weighted by Gasteiger charge is 2.13. The van der Waals surface area contributed by atoms with Gasteiger partial charge in [0.1, 0.15) is 0 Å². The van der Waals surface area contributed by atoms with Crippen molar-refractivity contribution in [2.75, 3.05) is 13.2 Å². The summed E-state index contributed by atoms with van der Waals surface area (Å²) in [5.74, 6) is 0. The van der Waals surface area contributed by atoms with E-state index in [9.17, 15) is 10.1 Å². The van der Waals surface area contributed by atoms with Crippen LogP contribution in [0, 0.1) is 10.1 Å².